The largest absolute Gasteiger partial charge is 0.378 e. The highest BCUT2D eigenvalue weighted by molar-refractivity contribution is 9.10. The Morgan fingerprint density at radius 2 is 2.02 bits per heavy atom. The van der Waals surface area contributed by atoms with E-state index in [0.717, 1.165) is 49.1 Å². The molecule has 0 N–H and O–H groups in total. The molecule has 3 aromatic rings. The van der Waals surface area contributed by atoms with E-state index in [4.69, 9.17) is 9.72 Å². The Hall–Kier alpha value is -3.56. The number of nitriles is 1. The smallest absolute Gasteiger partial charge is 0.241 e. The molecule has 0 unspecified atom stereocenters. The van der Waals surface area contributed by atoms with Gasteiger partial charge in [0.15, 0.2) is 5.65 Å². The average Bonchev–Trinajstić information content (AvgIpc) is 3.58. The minimum Gasteiger partial charge on any atom is -0.378 e. The summed E-state index contributed by atoms with van der Waals surface area (Å²) in [5.41, 5.74) is 2.90. The van der Waals surface area contributed by atoms with Gasteiger partial charge in [-0.1, -0.05) is 0 Å². The van der Waals surface area contributed by atoms with Crippen LogP contribution in [0.15, 0.2) is 29.0 Å². The van der Waals surface area contributed by atoms with Crippen molar-refractivity contribution in [2.75, 3.05) is 57.9 Å². The Balaban J connectivity index is 1.19. The standard InChI is InChI=1S/C28H31BrN8O3/c1-34-6-7-36(17-25(34)38)28(39)19-3-2-18(12-19)13-24-31-16-22-26(29)33-37(27(22)32-24)21-4-5-23(20(14-21)15-30)35-8-10-40-11-9-35/h4-5,14,16,18-19H,2-3,6-13,17H2,1H3/t18-,19-/m1/s1. The lowest BCUT2D eigenvalue weighted by Gasteiger charge is -2.33. The average molecular weight is 608 g/mol. The number of hydrogen-bond acceptors (Lipinski definition) is 8. The number of hydrogen-bond donors (Lipinski definition) is 0. The maximum Gasteiger partial charge on any atom is 0.241 e. The number of fused-ring (bicyclic) bond motifs is 1. The van der Waals surface area contributed by atoms with Crippen LogP contribution in [0.2, 0.25) is 0 Å². The minimum absolute atomic E-state index is 0.00347. The highest BCUT2D eigenvalue weighted by Gasteiger charge is 2.35. The molecule has 1 saturated carbocycles. The third-order valence-electron chi connectivity index (χ3n) is 8.26. The number of carbonyl (C=O) groups is 2. The summed E-state index contributed by atoms with van der Waals surface area (Å²) >= 11 is 3.54. The fourth-order valence-corrected chi connectivity index (χ4v) is 6.39. The molecule has 12 heteroatoms. The number of anilines is 1. The number of halogens is 1. The van der Waals surface area contributed by atoms with Crippen molar-refractivity contribution in [1.82, 2.24) is 29.5 Å². The molecule has 1 aliphatic carbocycles. The van der Waals surface area contributed by atoms with Crippen LogP contribution < -0.4 is 4.90 Å². The molecule has 2 amide bonds. The molecule has 3 fully saturated rings. The molecule has 0 bridgehead atoms. The van der Waals surface area contributed by atoms with Crippen molar-refractivity contribution >= 4 is 44.5 Å². The normalized spacial score (nSPS) is 21.7. The molecular formula is C28H31BrN8O3. The number of ether oxygens (including phenoxy) is 1. The molecule has 2 atom stereocenters. The van der Waals surface area contributed by atoms with Crippen LogP contribution in [0.1, 0.15) is 30.7 Å². The molecule has 6 rings (SSSR count). The van der Waals surface area contributed by atoms with Gasteiger partial charge >= 0.3 is 0 Å². The summed E-state index contributed by atoms with van der Waals surface area (Å²) < 4.78 is 7.85. The van der Waals surface area contributed by atoms with Crippen molar-refractivity contribution in [2.24, 2.45) is 11.8 Å². The number of benzene rings is 1. The Bertz CT molecular complexity index is 1490. The maximum atomic E-state index is 13.1. The number of morpholine rings is 1. The molecule has 2 aliphatic heterocycles. The van der Waals surface area contributed by atoms with Gasteiger partial charge in [0.25, 0.3) is 0 Å². The van der Waals surface area contributed by atoms with Crippen molar-refractivity contribution in [3.63, 3.8) is 0 Å². The van der Waals surface area contributed by atoms with Crippen LogP contribution in [-0.4, -0.2) is 94.3 Å². The molecule has 2 aromatic heterocycles. The van der Waals surface area contributed by atoms with E-state index in [1.807, 2.05) is 18.2 Å². The zero-order valence-electron chi connectivity index (χ0n) is 22.4. The van der Waals surface area contributed by atoms with Crippen molar-refractivity contribution in [3.8, 4) is 11.8 Å². The lowest BCUT2D eigenvalue weighted by molar-refractivity contribution is -0.146. The second-order valence-electron chi connectivity index (χ2n) is 10.8. The van der Waals surface area contributed by atoms with Crippen LogP contribution in [0.5, 0.6) is 0 Å². The number of aromatic nitrogens is 4. The van der Waals surface area contributed by atoms with E-state index in [1.54, 1.807) is 27.7 Å². The second-order valence-corrected chi connectivity index (χ2v) is 11.5. The Morgan fingerprint density at radius 3 is 2.80 bits per heavy atom. The van der Waals surface area contributed by atoms with E-state index in [2.05, 4.69) is 37.0 Å². The van der Waals surface area contributed by atoms with Gasteiger partial charge in [0.2, 0.25) is 11.8 Å². The van der Waals surface area contributed by atoms with Crippen LogP contribution in [0.25, 0.3) is 16.7 Å². The van der Waals surface area contributed by atoms with Crippen molar-refractivity contribution in [2.45, 2.75) is 25.7 Å². The number of likely N-dealkylation sites (N-methyl/N-ethyl adjacent to an activating group) is 1. The van der Waals surface area contributed by atoms with Crippen LogP contribution in [0.3, 0.4) is 0 Å². The number of piperazine rings is 1. The highest BCUT2D eigenvalue weighted by atomic mass is 79.9. The van der Waals surface area contributed by atoms with Gasteiger partial charge in [-0.25, -0.2) is 14.6 Å². The van der Waals surface area contributed by atoms with E-state index in [1.165, 1.54) is 0 Å². The Kier molecular flexibility index (Phi) is 7.42. The first kappa shape index (κ1) is 26.7. The molecule has 4 heterocycles. The molecule has 0 spiro atoms. The summed E-state index contributed by atoms with van der Waals surface area (Å²) in [5, 5.41) is 15.3. The van der Waals surface area contributed by atoms with Gasteiger partial charge in [-0.05, 0) is 59.3 Å². The predicted octanol–water partition coefficient (Wildman–Crippen LogP) is 2.55. The van der Waals surface area contributed by atoms with Gasteiger partial charge < -0.3 is 19.4 Å². The SMILES string of the molecule is CN1CCN(C(=O)[C@@H]2CC[C@@H](Cc3ncc4c(Br)nn(-c5ccc(N6CCOCC6)c(C#N)c5)c4n3)C2)CC1=O. The molecular weight excluding hydrogens is 576 g/mol. The van der Waals surface area contributed by atoms with Crippen molar-refractivity contribution < 1.29 is 14.3 Å². The van der Waals surface area contributed by atoms with E-state index >= 15 is 0 Å². The monoisotopic (exact) mass is 606 g/mol. The van der Waals surface area contributed by atoms with Gasteiger partial charge in [0.1, 0.15) is 16.5 Å². The Morgan fingerprint density at radius 1 is 1.20 bits per heavy atom. The summed E-state index contributed by atoms with van der Waals surface area (Å²) in [7, 11) is 1.78. The first-order valence-corrected chi connectivity index (χ1v) is 14.5. The lowest BCUT2D eigenvalue weighted by Crippen LogP contribution is -2.51. The lowest BCUT2D eigenvalue weighted by atomic mass is 10.00. The molecule has 40 heavy (non-hydrogen) atoms. The number of rotatable bonds is 5. The predicted molar refractivity (Wildman–Crippen MR) is 151 cm³/mol. The third-order valence-corrected chi connectivity index (χ3v) is 8.84. The zero-order chi connectivity index (χ0) is 27.8. The van der Waals surface area contributed by atoms with Gasteiger partial charge in [-0.15, -0.1) is 0 Å². The van der Waals surface area contributed by atoms with Gasteiger partial charge in [-0.3, -0.25) is 9.59 Å². The third kappa shape index (κ3) is 5.15. The summed E-state index contributed by atoms with van der Waals surface area (Å²) in [6, 6.07) is 8.11. The zero-order valence-corrected chi connectivity index (χ0v) is 24.0. The molecule has 11 nitrogen and oxygen atoms in total. The highest BCUT2D eigenvalue weighted by Crippen LogP contribution is 2.35. The van der Waals surface area contributed by atoms with Gasteiger partial charge in [0, 0.05) is 51.8 Å². The maximum absolute atomic E-state index is 13.1. The van der Waals surface area contributed by atoms with Crippen LogP contribution in [0.4, 0.5) is 5.69 Å². The first-order chi connectivity index (χ1) is 19.4. The second kappa shape index (κ2) is 11.1. The fourth-order valence-electron chi connectivity index (χ4n) is 5.96. The van der Waals surface area contributed by atoms with E-state index < -0.39 is 0 Å². The fraction of sp³-hybridized carbons (Fsp3) is 0.500. The van der Waals surface area contributed by atoms with Gasteiger partial charge in [0.05, 0.1) is 42.1 Å². The van der Waals surface area contributed by atoms with E-state index in [0.29, 0.717) is 60.3 Å². The molecule has 1 aromatic carbocycles. The topological polar surface area (TPSA) is 120 Å². The summed E-state index contributed by atoms with van der Waals surface area (Å²) in [4.78, 5) is 40.2. The summed E-state index contributed by atoms with van der Waals surface area (Å²) in [6.45, 7) is 4.16. The quantitative estimate of drug-likeness (QED) is 0.434. The number of amides is 2. The van der Waals surface area contributed by atoms with E-state index in [-0.39, 0.29) is 24.3 Å². The molecule has 3 aliphatic rings. The molecule has 0 radical (unpaired) electrons. The molecule has 2 saturated heterocycles. The van der Waals surface area contributed by atoms with Crippen LogP contribution >= 0.6 is 15.9 Å². The summed E-state index contributed by atoms with van der Waals surface area (Å²) in [6.07, 6.45) is 4.98. The van der Waals surface area contributed by atoms with Crippen LogP contribution in [0, 0.1) is 23.2 Å². The first-order valence-electron chi connectivity index (χ1n) is 13.7. The van der Waals surface area contributed by atoms with Crippen molar-refractivity contribution in [3.05, 3.63) is 40.4 Å². The van der Waals surface area contributed by atoms with Crippen LogP contribution in [-0.2, 0) is 20.7 Å². The minimum atomic E-state index is -0.0565. The molecule has 208 valence electrons. The summed E-state index contributed by atoms with van der Waals surface area (Å²) in [5.74, 6) is 1.04. The number of carbonyl (C=O) groups excluding carboxylic acids is 2. The Labute approximate surface area is 240 Å². The van der Waals surface area contributed by atoms with E-state index in [9.17, 15) is 14.9 Å². The van der Waals surface area contributed by atoms with Crippen molar-refractivity contribution in [1.29, 1.82) is 5.26 Å². The number of nitrogens with zero attached hydrogens (tertiary/aromatic N) is 8. The van der Waals surface area contributed by atoms with Gasteiger partial charge in [-0.2, -0.15) is 10.4 Å².